The van der Waals surface area contributed by atoms with Gasteiger partial charge in [0.2, 0.25) is 0 Å². The molecule has 0 aromatic heterocycles. The lowest BCUT2D eigenvalue weighted by Gasteiger charge is -2.32. The molecule has 84 valence electrons. The number of halogens is 1. The summed E-state index contributed by atoms with van der Waals surface area (Å²) < 4.78 is 18.5. The van der Waals surface area contributed by atoms with Crippen LogP contribution < -0.4 is 0 Å². The summed E-state index contributed by atoms with van der Waals surface area (Å²) in [7, 11) is 1.49. The molecule has 0 saturated heterocycles. The summed E-state index contributed by atoms with van der Waals surface area (Å²) in [5.41, 5.74) is -0.970. The predicted octanol–water partition coefficient (Wildman–Crippen LogP) is 2.32. The van der Waals surface area contributed by atoms with E-state index in [1.165, 1.54) is 13.2 Å². The summed E-state index contributed by atoms with van der Waals surface area (Å²) in [5.74, 6) is -0.514. The van der Waals surface area contributed by atoms with Gasteiger partial charge in [0.05, 0.1) is 6.61 Å². The zero-order valence-electron chi connectivity index (χ0n) is 9.33. The van der Waals surface area contributed by atoms with Crippen LogP contribution >= 0.6 is 0 Å². The van der Waals surface area contributed by atoms with Crippen molar-refractivity contribution in [3.05, 3.63) is 35.6 Å². The van der Waals surface area contributed by atoms with Crippen molar-refractivity contribution in [1.82, 2.24) is 0 Å². The second-order valence-electron chi connectivity index (χ2n) is 3.99. The average molecular weight is 212 g/mol. The molecule has 0 aliphatic heterocycles. The molecule has 0 amide bonds. The fraction of sp³-hybridized carbons (Fsp3) is 0.500. The van der Waals surface area contributed by atoms with Gasteiger partial charge in [-0.05, 0) is 12.0 Å². The summed E-state index contributed by atoms with van der Waals surface area (Å²) in [6, 6.07) is 6.25. The van der Waals surface area contributed by atoms with E-state index in [1.807, 2.05) is 13.8 Å². The third-order valence-corrected chi connectivity index (χ3v) is 2.66. The Labute approximate surface area is 89.7 Å². The van der Waals surface area contributed by atoms with Crippen LogP contribution in [0, 0.1) is 11.7 Å². The largest absolute Gasteiger partial charge is 0.382 e. The van der Waals surface area contributed by atoms with Gasteiger partial charge in [-0.15, -0.1) is 0 Å². The van der Waals surface area contributed by atoms with Crippen molar-refractivity contribution in [2.75, 3.05) is 13.7 Å². The molecule has 0 heterocycles. The molecule has 0 aliphatic rings. The molecule has 1 aromatic carbocycles. The number of benzene rings is 1. The molecule has 3 heteroatoms. The number of rotatable bonds is 4. The van der Waals surface area contributed by atoms with Gasteiger partial charge in [-0.1, -0.05) is 32.0 Å². The van der Waals surface area contributed by atoms with Crippen molar-refractivity contribution in [1.29, 1.82) is 0 Å². The van der Waals surface area contributed by atoms with Gasteiger partial charge in [0.15, 0.2) is 0 Å². The minimum absolute atomic E-state index is 0.0889. The van der Waals surface area contributed by atoms with Crippen LogP contribution in [0.2, 0.25) is 0 Å². The molecular formula is C12H17FO2. The van der Waals surface area contributed by atoms with Crippen molar-refractivity contribution in [3.63, 3.8) is 0 Å². The first-order chi connectivity index (χ1) is 7.02. The summed E-state index contributed by atoms with van der Waals surface area (Å²) in [6.07, 6.45) is 0. The second kappa shape index (κ2) is 4.73. The first-order valence-corrected chi connectivity index (χ1v) is 4.98. The minimum atomic E-state index is -1.26. The summed E-state index contributed by atoms with van der Waals surface area (Å²) in [6.45, 7) is 3.77. The number of ether oxygens (including phenoxy) is 1. The smallest absolute Gasteiger partial charge is 0.129 e. The SMILES string of the molecule is COCC(O)(c1ccccc1F)C(C)C. The minimum Gasteiger partial charge on any atom is -0.382 e. The van der Waals surface area contributed by atoms with Crippen LogP contribution in [0.1, 0.15) is 19.4 Å². The first kappa shape index (κ1) is 12.1. The number of methoxy groups -OCH3 is 1. The summed E-state index contributed by atoms with van der Waals surface area (Å²) in [4.78, 5) is 0. The van der Waals surface area contributed by atoms with Crippen molar-refractivity contribution < 1.29 is 14.2 Å². The molecule has 1 aromatic rings. The van der Waals surface area contributed by atoms with Gasteiger partial charge in [-0.3, -0.25) is 0 Å². The van der Waals surface area contributed by atoms with Crippen LogP contribution in [-0.2, 0) is 10.3 Å². The standard InChI is InChI=1S/C12H17FO2/c1-9(2)12(14,8-15-3)10-6-4-5-7-11(10)13/h4-7,9,14H,8H2,1-3H3. The van der Waals surface area contributed by atoms with E-state index in [0.717, 1.165) is 0 Å². The first-order valence-electron chi connectivity index (χ1n) is 4.98. The van der Waals surface area contributed by atoms with Crippen LogP contribution in [-0.4, -0.2) is 18.8 Å². The monoisotopic (exact) mass is 212 g/mol. The zero-order chi connectivity index (χ0) is 11.5. The van der Waals surface area contributed by atoms with Crippen LogP contribution in [0.5, 0.6) is 0 Å². The highest BCUT2D eigenvalue weighted by atomic mass is 19.1. The van der Waals surface area contributed by atoms with Crippen molar-refractivity contribution in [2.24, 2.45) is 5.92 Å². The van der Waals surface area contributed by atoms with E-state index in [1.54, 1.807) is 18.2 Å². The Morgan fingerprint density at radius 1 is 1.40 bits per heavy atom. The quantitative estimate of drug-likeness (QED) is 0.830. The van der Waals surface area contributed by atoms with Crippen molar-refractivity contribution in [2.45, 2.75) is 19.4 Å². The van der Waals surface area contributed by atoms with Gasteiger partial charge in [0, 0.05) is 12.7 Å². The molecule has 0 radical (unpaired) electrons. The predicted molar refractivity (Wildman–Crippen MR) is 57.0 cm³/mol. The van der Waals surface area contributed by atoms with E-state index in [9.17, 15) is 9.50 Å². The number of hydrogen-bond donors (Lipinski definition) is 1. The van der Waals surface area contributed by atoms with Gasteiger partial charge < -0.3 is 9.84 Å². The molecular weight excluding hydrogens is 195 g/mol. The van der Waals surface area contributed by atoms with E-state index in [4.69, 9.17) is 4.74 Å². The van der Waals surface area contributed by atoms with Crippen LogP contribution in [0.25, 0.3) is 0 Å². The maximum absolute atomic E-state index is 13.6. The van der Waals surface area contributed by atoms with Gasteiger partial charge >= 0.3 is 0 Å². The summed E-state index contributed by atoms with van der Waals surface area (Å²) >= 11 is 0. The van der Waals surface area contributed by atoms with Gasteiger partial charge in [0.1, 0.15) is 11.4 Å². The Morgan fingerprint density at radius 3 is 2.47 bits per heavy atom. The Hall–Kier alpha value is -0.930. The molecule has 1 atom stereocenters. The normalized spacial score (nSPS) is 15.3. The molecule has 0 fully saturated rings. The van der Waals surface area contributed by atoms with Gasteiger partial charge in [-0.2, -0.15) is 0 Å². The van der Waals surface area contributed by atoms with E-state index < -0.39 is 11.4 Å². The van der Waals surface area contributed by atoms with Crippen LogP contribution in [0.15, 0.2) is 24.3 Å². The molecule has 1 rings (SSSR count). The van der Waals surface area contributed by atoms with Gasteiger partial charge in [-0.25, -0.2) is 4.39 Å². The number of hydrogen-bond acceptors (Lipinski definition) is 2. The highest BCUT2D eigenvalue weighted by molar-refractivity contribution is 5.25. The molecule has 0 spiro atoms. The third kappa shape index (κ3) is 2.36. The van der Waals surface area contributed by atoms with E-state index in [0.29, 0.717) is 5.56 Å². The molecule has 0 aliphatic carbocycles. The Kier molecular flexibility index (Phi) is 3.83. The fourth-order valence-electron chi connectivity index (χ4n) is 1.59. The van der Waals surface area contributed by atoms with E-state index in [2.05, 4.69) is 0 Å². The van der Waals surface area contributed by atoms with Gasteiger partial charge in [0.25, 0.3) is 0 Å². The summed E-state index contributed by atoms with van der Waals surface area (Å²) in [5, 5.41) is 10.4. The second-order valence-corrected chi connectivity index (χ2v) is 3.99. The zero-order valence-corrected chi connectivity index (χ0v) is 9.33. The maximum atomic E-state index is 13.6. The van der Waals surface area contributed by atoms with Crippen LogP contribution in [0.3, 0.4) is 0 Å². The average Bonchev–Trinajstić information content (AvgIpc) is 2.18. The van der Waals surface area contributed by atoms with Crippen molar-refractivity contribution >= 4 is 0 Å². The molecule has 2 nitrogen and oxygen atoms in total. The van der Waals surface area contributed by atoms with E-state index in [-0.39, 0.29) is 12.5 Å². The lowest BCUT2D eigenvalue weighted by Crippen LogP contribution is -2.37. The molecule has 1 N–H and O–H groups in total. The maximum Gasteiger partial charge on any atom is 0.129 e. The highest BCUT2D eigenvalue weighted by Crippen LogP contribution is 2.31. The Bertz CT molecular complexity index is 325. The third-order valence-electron chi connectivity index (χ3n) is 2.66. The molecule has 0 bridgehead atoms. The lowest BCUT2D eigenvalue weighted by molar-refractivity contribution is -0.0722. The van der Waals surface area contributed by atoms with E-state index >= 15 is 0 Å². The topological polar surface area (TPSA) is 29.5 Å². The Morgan fingerprint density at radius 2 is 2.00 bits per heavy atom. The highest BCUT2D eigenvalue weighted by Gasteiger charge is 2.35. The van der Waals surface area contributed by atoms with Crippen molar-refractivity contribution in [3.8, 4) is 0 Å². The number of aliphatic hydroxyl groups is 1. The fourth-order valence-corrected chi connectivity index (χ4v) is 1.59. The lowest BCUT2D eigenvalue weighted by atomic mass is 9.84. The van der Waals surface area contributed by atoms with Crippen LogP contribution in [0.4, 0.5) is 4.39 Å². The molecule has 0 saturated carbocycles. The molecule has 1 unspecified atom stereocenters. The Balaban J connectivity index is 3.15. The molecule has 15 heavy (non-hydrogen) atoms.